The second-order valence-electron chi connectivity index (χ2n) is 3.13. The molecule has 0 aromatic carbocycles. The minimum absolute atomic E-state index is 0.220. The highest BCUT2D eigenvalue weighted by Crippen LogP contribution is 2.36. The molecule has 0 nitrogen and oxygen atoms in total. The third-order valence-electron chi connectivity index (χ3n) is 2.25. The van der Waals surface area contributed by atoms with Crippen molar-refractivity contribution in [2.75, 3.05) is 0 Å². The van der Waals surface area contributed by atoms with Gasteiger partial charge in [0.1, 0.15) is 0 Å². The van der Waals surface area contributed by atoms with E-state index in [0.717, 1.165) is 0 Å². The summed E-state index contributed by atoms with van der Waals surface area (Å²) in [5.41, 5.74) is 0.320. The lowest BCUT2D eigenvalue weighted by molar-refractivity contribution is 0.314. The van der Waals surface area contributed by atoms with E-state index in [4.69, 9.17) is 0 Å². The van der Waals surface area contributed by atoms with Gasteiger partial charge in [-0.3, -0.25) is 0 Å². The molecule has 1 unspecified atom stereocenters. The molecule has 0 amide bonds. The molecule has 0 aliphatic heterocycles. The number of hydrogen-bond acceptors (Lipinski definition) is 2. The summed E-state index contributed by atoms with van der Waals surface area (Å²) in [4.78, 5) is 0. The van der Waals surface area contributed by atoms with Crippen LogP contribution in [0.1, 0.15) is 40.0 Å². The van der Waals surface area contributed by atoms with Crippen LogP contribution in [0.3, 0.4) is 0 Å². The smallest absolute Gasteiger partial charge is 0.0495 e. The lowest BCUT2D eigenvalue weighted by Crippen LogP contribution is -2.23. The molecule has 0 saturated heterocycles. The maximum absolute atomic E-state index is 4.36. The number of rotatable bonds is 4. The van der Waals surface area contributed by atoms with Gasteiger partial charge in [-0.25, -0.2) is 0 Å². The first kappa shape index (κ1) is 10.7. The zero-order valence-electron chi connectivity index (χ0n) is 7.09. The van der Waals surface area contributed by atoms with E-state index in [0.29, 0.717) is 5.41 Å². The van der Waals surface area contributed by atoms with Crippen molar-refractivity contribution in [3.63, 3.8) is 0 Å². The van der Waals surface area contributed by atoms with Gasteiger partial charge in [0.2, 0.25) is 0 Å². The molecule has 0 saturated carbocycles. The van der Waals surface area contributed by atoms with Crippen molar-refractivity contribution in [2.45, 2.75) is 44.6 Å². The van der Waals surface area contributed by atoms with Crippen LogP contribution in [-0.4, -0.2) is 4.58 Å². The van der Waals surface area contributed by atoms with Crippen LogP contribution in [0.15, 0.2) is 0 Å². The minimum Gasteiger partial charge on any atom is -0.165 e. The molecule has 0 radical (unpaired) electrons. The molecular weight excluding hydrogens is 160 g/mol. The molecule has 0 spiro atoms. The first-order chi connectivity index (χ1) is 4.56. The van der Waals surface area contributed by atoms with E-state index < -0.39 is 0 Å². The van der Waals surface area contributed by atoms with E-state index in [-0.39, 0.29) is 4.58 Å². The van der Waals surface area contributed by atoms with E-state index in [1.54, 1.807) is 0 Å². The van der Waals surface area contributed by atoms with Gasteiger partial charge >= 0.3 is 0 Å². The normalized spacial score (nSPS) is 17.4. The first-order valence-electron chi connectivity index (χ1n) is 3.93. The molecule has 0 aromatic rings. The fourth-order valence-electron chi connectivity index (χ4n) is 1.06. The van der Waals surface area contributed by atoms with Crippen LogP contribution in [-0.2, 0) is 0 Å². The van der Waals surface area contributed by atoms with Crippen molar-refractivity contribution in [1.82, 2.24) is 0 Å². The fraction of sp³-hybridized carbons (Fsp3) is 1.00. The second kappa shape index (κ2) is 4.55. The highest BCUT2D eigenvalue weighted by Gasteiger charge is 2.26. The Kier molecular flexibility index (Phi) is 4.87. The molecule has 0 N–H and O–H groups in total. The summed E-state index contributed by atoms with van der Waals surface area (Å²) in [5, 5.41) is 0. The van der Waals surface area contributed by atoms with Gasteiger partial charge in [-0.05, 0) is 18.3 Å². The van der Waals surface area contributed by atoms with Crippen LogP contribution in [0, 0.1) is 5.41 Å². The summed E-state index contributed by atoms with van der Waals surface area (Å²) in [6.07, 6.45) is 3.61. The molecule has 62 valence electrons. The molecule has 10 heavy (non-hydrogen) atoms. The number of hydrogen-bond donors (Lipinski definition) is 2. The van der Waals surface area contributed by atoms with Crippen molar-refractivity contribution >= 4 is 25.3 Å². The van der Waals surface area contributed by atoms with Crippen molar-refractivity contribution in [3.8, 4) is 0 Å². The van der Waals surface area contributed by atoms with Crippen LogP contribution in [0.25, 0.3) is 0 Å². The maximum atomic E-state index is 4.36. The predicted octanol–water partition coefficient (Wildman–Crippen LogP) is 3.39. The Hall–Kier alpha value is 0.700. The van der Waals surface area contributed by atoms with Crippen molar-refractivity contribution in [2.24, 2.45) is 5.41 Å². The zero-order valence-corrected chi connectivity index (χ0v) is 8.88. The SMILES string of the molecule is CCCC(C)(CC)C(S)S. The Labute approximate surface area is 75.6 Å². The monoisotopic (exact) mass is 178 g/mol. The standard InChI is InChI=1S/C8H18S2/c1-4-6-8(3,5-2)7(9)10/h7,9-10H,4-6H2,1-3H3. The molecule has 0 aromatic heterocycles. The predicted molar refractivity (Wildman–Crippen MR) is 55.1 cm³/mol. The molecule has 1 atom stereocenters. The summed E-state index contributed by atoms with van der Waals surface area (Å²) >= 11 is 8.71. The summed E-state index contributed by atoms with van der Waals surface area (Å²) < 4.78 is 0.220. The van der Waals surface area contributed by atoms with Crippen LogP contribution in [0.5, 0.6) is 0 Å². The van der Waals surface area contributed by atoms with Crippen molar-refractivity contribution in [1.29, 1.82) is 0 Å². The first-order valence-corrected chi connectivity index (χ1v) is 4.96. The van der Waals surface area contributed by atoms with Gasteiger partial charge in [0.25, 0.3) is 0 Å². The topological polar surface area (TPSA) is 0 Å². The Morgan fingerprint density at radius 2 is 1.80 bits per heavy atom. The summed E-state index contributed by atoms with van der Waals surface area (Å²) in [7, 11) is 0. The lowest BCUT2D eigenvalue weighted by atomic mass is 9.85. The largest absolute Gasteiger partial charge is 0.165 e. The molecule has 0 aliphatic rings. The molecule has 0 rings (SSSR count). The van der Waals surface area contributed by atoms with E-state index in [2.05, 4.69) is 46.0 Å². The van der Waals surface area contributed by atoms with Gasteiger partial charge in [-0.15, -0.1) is 0 Å². The second-order valence-corrected chi connectivity index (χ2v) is 4.57. The Morgan fingerprint density at radius 1 is 1.30 bits per heavy atom. The summed E-state index contributed by atoms with van der Waals surface area (Å²) in [6.45, 7) is 6.66. The van der Waals surface area contributed by atoms with E-state index in [1.807, 2.05) is 0 Å². The fourth-order valence-corrected chi connectivity index (χ4v) is 1.68. The van der Waals surface area contributed by atoms with Crippen LogP contribution in [0.4, 0.5) is 0 Å². The Bertz CT molecular complexity index is 91.3. The average Bonchev–Trinajstić information content (AvgIpc) is 1.88. The Morgan fingerprint density at radius 3 is 1.90 bits per heavy atom. The quantitative estimate of drug-likeness (QED) is 0.478. The maximum Gasteiger partial charge on any atom is 0.0495 e. The van der Waals surface area contributed by atoms with Gasteiger partial charge in [0, 0.05) is 4.58 Å². The van der Waals surface area contributed by atoms with Gasteiger partial charge in [-0.1, -0.05) is 27.2 Å². The third-order valence-corrected chi connectivity index (χ3v) is 3.50. The van der Waals surface area contributed by atoms with Gasteiger partial charge in [0.05, 0.1) is 0 Å². The van der Waals surface area contributed by atoms with E-state index in [9.17, 15) is 0 Å². The number of thiol groups is 2. The lowest BCUT2D eigenvalue weighted by Gasteiger charge is -2.30. The van der Waals surface area contributed by atoms with Gasteiger partial charge < -0.3 is 0 Å². The third kappa shape index (κ3) is 2.75. The van der Waals surface area contributed by atoms with E-state index >= 15 is 0 Å². The molecule has 0 fully saturated rings. The summed E-state index contributed by atoms with van der Waals surface area (Å²) in [5.74, 6) is 0. The molecular formula is C8H18S2. The van der Waals surface area contributed by atoms with Crippen LogP contribution < -0.4 is 0 Å². The Balaban J connectivity index is 3.94. The highest BCUT2D eigenvalue weighted by molar-refractivity contribution is 7.99. The molecule has 0 heterocycles. The van der Waals surface area contributed by atoms with E-state index in [1.165, 1.54) is 19.3 Å². The summed E-state index contributed by atoms with van der Waals surface area (Å²) in [6, 6.07) is 0. The van der Waals surface area contributed by atoms with Crippen molar-refractivity contribution < 1.29 is 0 Å². The van der Waals surface area contributed by atoms with Crippen LogP contribution >= 0.6 is 25.3 Å². The molecule has 0 bridgehead atoms. The molecule has 2 heteroatoms. The van der Waals surface area contributed by atoms with Gasteiger partial charge in [-0.2, -0.15) is 25.3 Å². The molecule has 0 aliphatic carbocycles. The van der Waals surface area contributed by atoms with Gasteiger partial charge in [0.15, 0.2) is 0 Å². The minimum atomic E-state index is 0.220. The van der Waals surface area contributed by atoms with Crippen LogP contribution in [0.2, 0.25) is 0 Å². The zero-order chi connectivity index (χ0) is 8.20. The highest BCUT2D eigenvalue weighted by atomic mass is 32.2. The van der Waals surface area contributed by atoms with Crippen molar-refractivity contribution in [3.05, 3.63) is 0 Å². The average molecular weight is 178 g/mol.